The molecule has 1 heterocycles. The van der Waals surface area contributed by atoms with Gasteiger partial charge in [0.15, 0.2) is 11.5 Å². The quantitative estimate of drug-likeness (QED) is 0.858. The first-order valence-corrected chi connectivity index (χ1v) is 6.91. The monoisotopic (exact) mass is 302 g/mol. The van der Waals surface area contributed by atoms with Gasteiger partial charge in [0.1, 0.15) is 0 Å². The summed E-state index contributed by atoms with van der Waals surface area (Å²) in [7, 11) is 3.04. The molecule has 6 heteroatoms. The van der Waals surface area contributed by atoms with E-state index in [-0.39, 0.29) is 12.6 Å². The average molecular weight is 302 g/mol. The summed E-state index contributed by atoms with van der Waals surface area (Å²) in [6.45, 7) is 3.85. The highest BCUT2D eigenvalue weighted by molar-refractivity contribution is 5.99. The molecule has 0 bridgehead atoms. The second-order valence-electron chi connectivity index (χ2n) is 4.73. The van der Waals surface area contributed by atoms with Crippen LogP contribution < -0.4 is 14.4 Å². The van der Waals surface area contributed by atoms with Crippen molar-refractivity contribution in [3.05, 3.63) is 23.8 Å². The van der Waals surface area contributed by atoms with Gasteiger partial charge in [-0.2, -0.15) is 5.26 Å². The van der Waals surface area contributed by atoms with E-state index in [0.29, 0.717) is 28.3 Å². The van der Waals surface area contributed by atoms with Crippen LogP contribution in [0.5, 0.6) is 11.5 Å². The number of hydrogen-bond acceptors (Lipinski definition) is 5. The Hall–Kier alpha value is -2.68. The van der Waals surface area contributed by atoms with Crippen molar-refractivity contribution in [2.24, 2.45) is 0 Å². The highest BCUT2D eigenvalue weighted by atomic mass is 16.6. The van der Waals surface area contributed by atoms with Gasteiger partial charge in [-0.3, -0.25) is 4.90 Å². The first-order valence-electron chi connectivity index (χ1n) is 6.91. The number of nitrogens with zero attached hydrogens (tertiary/aromatic N) is 2. The fourth-order valence-corrected chi connectivity index (χ4v) is 2.46. The van der Waals surface area contributed by atoms with Gasteiger partial charge in [0, 0.05) is 11.6 Å². The number of nitriles is 1. The van der Waals surface area contributed by atoms with E-state index < -0.39 is 6.09 Å². The summed E-state index contributed by atoms with van der Waals surface area (Å²) in [6, 6.07) is 5.25. The number of allylic oxidation sites excluding steroid dienone is 1. The molecule has 2 rings (SSSR count). The van der Waals surface area contributed by atoms with Crippen LogP contribution in [0.25, 0.3) is 5.57 Å². The van der Waals surface area contributed by atoms with Crippen molar-refractivity contribution in [1.82, 2.24) is 0 Å². The third-order valence-electron chi connectivity index (χ3n) is 3.45. The Morgan fingerprint density at radius 3 is 2.50 bits per heavy atom. The maximum atomic E-state index is 12.2. The number of benzene rings is 1. The van der Waals surface area contributed by atoms with Crippen molar-refractivity contribution in [2.75, 3.05) is 25.7 Å². The van der Waals surface area contributed by atoms with Crippen LogP contribution in [0.4, 0.5) is 10.5 Å². The average Bonchev–Trinajstić information content (AvgIpc) is 2.52. The van der Waals surface area contributed by atoms with E-state index in [4.69, 9.17) is 14.2 Å². The largest absolute Gasteiger partial charge is 0.493 e. The molecule has 116 valence electrons. The predicted octanol–water partition coefficient (Wildman–Crippen LogP) is 2.98. The van der Waals surface area contributed by atoms with Crippen molar-refractivity contribution in [3.8, 4) is 17.6 Å². The lowest BCUT2D eigenvalue weighted by Gasteiger charge is -2.32. The number of ether oxygens (including phenoxy) is 3. The van der Waals surface area contributed by atoms with Gasteiger partial charge < -0.3 is 14.2 Å². The Balaban J connectivity index is 2.64. The molecule has 1 aliphatic heterocycles. The Morgan fingerprint density at radius 2 is 1.95 bits per heavy atom. The highest BCUT2D eigenvalue weighted by Gasteiger charge is 2.31. The van der Waals surface area contributed by atoms with Crippen LogP contribution in [0.3, 0.4) is 0 Å². The van der Waals surface area contributed by atoms with Crippen LogP contribution in [0.1, 0.15) is 19.4 Å². The zero-order valence-corrected chi connectivity index (χ0v) is 13.0. The van der Waals surface area contributed by atoms with Gasteiger partial charge >= 0.3 is 6.09 Å². The Labute approximate surface area is 129 Å². The van der Waals surface area contributed by atoms with Crippen LogP contribution >= 0.6 is 0 Å². The van der Waals surface area contributed by atoms with E-state index in [9.17, 15) is 10.1 Å². The molecule has 0 saturated heterocycles. The maximum Gasteiger partial charge on any atom is 0.414 e. The standard InChI is InChI=1S/C16H18N2O4/c1-5-22-16(19)18-10(2)6-11(9-17)12-7-14(20-3)15(21-4)8-13(12)18/h6-8,10H,5H2,1-4H3. The van der Waals surface area contributed by atoms with E-state index in [1.807, 2.05) is 6.92 Å². The van der Waals surface area contributed by atoms with Gasteiger partial charge in [-0.1, -0.05) is 0 Å². The first-order chi connectivity index (χ1) is 10.6. The molecule has 1 unspecified atom stereocenters. The summed E-state index contributed by atoms with van der Waals surface area (Å²) >= 11 is 0. The molecule has 0 N–H and O–H groups in total. The van der Waals surface area contributed by atoms with Crippen LogP contribution in [0, 0.1) is 11.3 Å². The fraction of sp³-hybridized carbons (Fsp3) is 0.375. The Bertz CT molecular complexity index is 661. The van der Waals surface area contributed by atoms with Crippen molar-refractivity contribution in [1.29, 1.82) is 5.26 Å². The van der Waals surface area contributed by atoms with Gasteiger partial charge in [-0.15, -0.1) is 0 Å². The van der Waals surface area contributed by atoms with E-state index >= 15 is 0 Å². The zero-order valence-electron chi connectivity index (χ0n) is 13.0. The van der Waals surface area contributed by atoms with E-state index in [2.05, 4.69) is 6.07 Å². The molecule has 0 fully saturated rings. The predicted molar refractivity (Wildman–Crippen MR) is 82.1 cm³/mol. The van der Waals surface area contributed by atoms with Crippen LogP contribution in [-0.4, -0.2) is 33.0 Å². The molecule has 1 aromatic rings. The topological polar surface area (TPSA) is 71.8 Å². The molecule has 0 spiro atoms. The van der Waals surface area contributed by atoms with E-state index in [0.717, 1.165) is 0 Å². The molecule has 0 radical (unpaired) electrons. The van der Waals surface area contributed by atoms with Gasteiger partial charge in [0.05, 0.1) is 44.2 Å². The number of fused-ring (bicyclic) bond motifs is 1. The summed E-state index contributed by atoms with van der Waals surface area (Å²) < 4.78 is 15.7. The van der Waals surface area contributed by atoms with Gasteiger partial charge in [0.25, 0.3) is 0 Å². The number of hydrogen-bond donors (Lipinski definition) is 0. The zero-order chi connectivity index (χ0) is 16.3. The number of carbonyl (C=O) groups excluding carboxylic acids is 1. The molecule has 0 saturated carbocycles. The Kier molecular flexibility index (Phi) is 4.56. The van der Waals surface area contributed by atoms with Crippen LogP contribution in [-0.2, 0) is 4.74 Å². The summed E-state index contributed by atoms with van der Waals surface area (Å²) in [6.07, 6.45) is 1.27. The number of rotatable bonds is 3. The lowest BCUT2D eigenvalue weighted by Crippen LogP contribution is -2.40. The molecule has 22 heavy (non-hydrogen) atoms. The summed E-state index contributed by atoms with van der Waals surface area (Å²) in [5.74, 6) is 0.989. The molecule has 0 aliphatic carbocycles. The van der Waals surface area contributed by atoms with E-state index in [1.165, 1.54) is 19.1 Å². The molecule has 1 aromatic carbocycles. The van der Waals surface area contributed by atoms with Crippen molar-refractivity contribution < 1.29 is 19.0 Å². The van der Waals surface area contributed by atoms with Gasteiger partial charge in [-0.25, -0.2) is 4.79 Å². The lowest BCUT2D eigenvalue weighted by atomic mass is 9.96. The van der Waals surface area contributed by atoms with Crippen molar-refractivity contribution in [2.45, 2.75) is 19.9 Å². The van der Waals surface area contributed by atoms with Gasteiger partial charge in [-0.05, 0) is 26.0 Å². The Morgan fingerprint density at radius 1 is 1.32 bits per heavy atom. The van der Waals surface area contributed by atoms with Crippen LogP contribution in [0.15, 0.2) is 18.2 Å². The third-order valence-corrected chi connectivity index (χ3v) is 3.45. The first kappa shape index (κ1) is 15.7. The lowest BCUT2D eigenvalue weighted by molar-refractivity contribution is 0.158. The van der Waals surface area contributed by atoms with Crippen molar-refractivity contribution in [3.63, 3.8) is 0 Å². The minimum absolute atomic E-state index is 0.277. The molecule has 6 nitrogen and oxygen atoms in total. The molecule has 1 atom stereocenters. The fourth-order valence-electron chi connectivity index (χ4n) is 2.46. The summed E-state index contributed by atoms with van der Waals surface area (Å²) in [5, 5.41) is 9.35. The highest BCUT2D eigenvalue weighted by Crippen LogP contribution is 2.41. The molecule has 1 amide bonds. The smallest absolute Gasteiger partial charge is 0.414 e. The number of amides is 1. The second kappa shape index (κ2) is 6.39. The van der Waals surface area contributed by atoms with Crippen molar-refractivity contribution >= 4 is 17.4 Å². The maximum absolute atomic E-state index is 12.2. The van der Waals surface area contributed by atoms with Crippen LogP contribution in [0.2, 0.25) is 0 Å². The molecule has 0 aromatic heterocycles. The molecule has 1 aliphatic rings. The summed E-state index contributed by atoms with van der Waals surface area (Å²) in [4.78, 5) is 13.7. The number of anilines is 1. The molecular weight excluding hydrogens is 284 g/mol. The minimum atomic E-state index is -0.461. The molecular formula is C16H18N2O4. The number of carbonyl (C=O) groups is 1. The number of methoxy groups -OCH3 is 2. The third kappa shape index (κ3) is 2.58. The SMILES string of the molecule is CCOC(=O)N1c2cc(OC)c(OC)cc2C(C#N)=CC1C. The van der Waals surface area contributed by atoms with E-state index in [1.54, 1.807) is 25.1 Å². The minimum Gasteiger partial charge on any atom is -0.493 e. The van der Waals surface area contributed by atoms with Gasteiger partial charge in [0.2, 0.25) is 0 Å². The summed E-state index contributed by atoms with van der Waals surface area (Å²) in [5.41, 5.74) is 1.68. The second-order valence-corrected chi connectivity index (χ2v) is 4.73. The normalized spacial score (nSPS) is 16.2.